The first kappa shape index (κ1) is 14.2. The van der Waals surface area contributed by atoms with Crippen molar-refractivity contribution in [2.24, 2.45) is 5.73 Å². The molecule has 6 nitrogen and oxygen atoms in total. The van der Waals surface area contributed by atoms with Crippen LogP contribution in [0.4, 0.5) is 5.69 Å². The molecular weight excluding hydrogens is 316 g/mol. The molecule has 1 aromatic carbocycles. The zero-order valence-electron chi connectivity index (χ0n) is 10.4. The third-order valence-corrected chi connectivity index (χ3v) is 3.71. The number of hydrogen-bond acceptors (Lipinski definition) is 5. The highest BCUT2D eigenvalue weighted by Gasteiger charge is 2.41. The van der Waals surface area contributed by atoms with E-state index >= 15 is 0 Å². The van der Waals surface area contributed by atoms with Crippen LogP contribution in [-0.4, -0.2) is 29.8 Å². The van der Waals surface area contributed by atoms with Crippen molar-refractivity contribution in [3.05, 3.63) is 32.8 Å². The summed E-state index contributed by atoms with van der Waals surface area (Å²) in [6, 6.07) is 4.38. The molecule has 3 atom stereocenters. The van der Waals surface area contributed by atoms with Crippen molar-refractivity contribution in [2.45, 2.75) is 31.6 Å². The van der Waals surface area contributed by atoms with Crippen molar-refractivity contribution >= 4 is 21.6 Å². The van der Waals surface area contributed by atoms with E-state index in [9.17, 15) is 10.1 Å². The summed E-state index contributed by atoms with van der Waals surface area (Å²) >= 11 is 3.32. The van der Waals surface area contributed by atoms with Gasteiger partial charge in [-0.1, -0.05) is 0 Å². The highest BCUT2D eigenvalue weighted by molar-refractivity contribution is 9.10. The zero-order chi connectivity index (χ0) is 14.0. The molecule has 1 fully saturated rings. The Balaban J connectivity index is 2.10. The van der Waals surface area contributed by atoms with Crippen molar-refractivity contribution in [2.75, 3.05) is 6.61 Å². The van der Waals surface area contributed by atoms with Crippen LogP contribution in [-0.2, 0) is 4.74 Å². The molecule has 0 heterocycles. The van der Waals surface area contributed by atoms with Gasteiger partial charge < -0.3 is 15.2 Å². The van der Waals surface area contributed by atoms with Gasteiger partial charge in [-0.3, -0.25) is 10.1 Å². The largest absolute Gasteiger partial charge is 0.486 e. The molecule has 1 aromatic rings. The minimum Gasteiger partial charge on any atom is -0.486 e. The number of nitrogens with zero attached hydrogens (tertiary/aromatic N) is 1. The van der Waals surface area contributed by atoms with Crippen LogP contribution in [0.25, 0.3) is 0 Å². The van der Waals surface area contributed by atoms with Gasteiger partial charge in [0.1, 0.15) is 18.0 Å². The first-order chi connectivity index (χ1) is 9.02. The lowest BCUT2D eigenvalue weighted by molar-refractivity contribution is -0.385. The van der Waals surface area contributed by atoms with Gasteiger partial charge in [0.25, 0.3) is 5.69 Å². The Bertz CT molecular complexity index is 483. The van der Waals surface area contributed by atoms with E-state index in [4.69, 9.17) is 15.2 Å². The van der Waals surface area contributed by atoms with Crippen LogP contribution in [0.3, 0.4) is 0 Å². The van der Waals surface area contributed by atoms with Gasteiger partial charge in [0, 0.05) is 25.1 Å². The van der Waals surface area contributed by atoms with Crippen molar-refractivity contribution in [1.29, 1.82) is 0 Å². The fourth-order valence-electron chi connectivity index (χ4n) is 2.01. The molecule has 0 amide bonds. The predicted molar refractivity (Wildman–Crippen MR) is 73.2 cm³/mol. The third-order valence-electron chi connectivity index (χ3n) is 3.06. The van der Waals surface area contributed by atoms with Crippen LogP contribution in [0.15, 0.2) is 22.7 Å². The van der Waals surface area contributed by atoms with E-state index in [1.54, 1.807) is 6.07 Å². The molecular formula is C12H15BrN2O4. The van der Waals surface area contributed by atoms with E-state index in [2.05, 4.69) is 15.9 Å². The minimum atomic E-state index is -0.453. The van der Waals surface area contributed by atoms with Gasteiger partial charge in [-0.15, -0.1) is 0 Å². The lowest BCUT2D eigenvalue weighted by atomic mass is 9.86. The molecule has 1 aliphatic carbocycles. The van der Waals surface area contributed by atoms with Gasteiger partial charge in [0.2, 0.25) is 0 Å². The lowest BCUT2D eigenvalue weighted by Gasteiger charge is -2.41. The number of rotatable bonds is 5. The fraction of sp³-hybridized carbons (Fsp3) is 0.500. The van der Waals surface area contributed by atoms with Crippen molar-refractivity contribution < 1.29 is 14.4 Å². The van der Waals surface area contributed by atoms with Gasteiger partial charge in [0.05, 0.1) is 15.5 Å². The highest BCUT2D eigenvalue weighted by atomic mass is 79.9. The number of benzene rings is 1. The van der Waals surface area contributed by atoms with Crippen molar-refractivity contribution in [3.8, 4) is 5.75 Å². The molecule has 0 aliphatic heterocycles. The van der Waals surface area contributed by atoms with Crippen LogP contribution in [0.1, 0.15) is 13.3 Å². The molecule has 2 rings (SSSR count). The average Bonchev–Trinajstić information content (AvgIpc) is 2.37. The van der Waals surface area contributed by atoms with Crippen LogP contribution < -0.4 is 10.5 Å². The quantitative estimate of drug-likeness (QED) is 0.660. The second kappa shape index (κ2) is 5.85. The average molecular weight is 331 g/mol. The molecule has 0 bridgehead atoms. The summed E-state index contributed by atoms with van der Waals surface area (Å²) in [5, 5.41) is 10.7. The highest BCUT2D eigenvalue weighted by Crippen LogP contribution is 2.34. The van der Waals surface area contributed by atoms with E-state index < -0.39 is 4.92 Å². The molecule has 0 radical (unpaired) electrons. The Hall–Kier alpha value is -1.18. The summed E-state index contributed by atoms with van der Waals surface area (Å²) < 4.78 is 11.9. The second-order valence-corrected chi connectivity index (χ2v) is 5.20. The molecule has 1 aliphatic rings. The van der Waals surface area contributed by atoms with Crippen LogP contribution in [0.2, 0.25) is 0 Å². The first-order valence-electron chi connectivity index (χ1n) is 6.00. The number of nitro groups is 1. The van der Waals surface area contributed by atoms with E-state index in [1.165, 1.54) is 12.1 Å². The number of nitrogens with two attached hydrogens (primary N) is 1. The van der Waals surface area contributed by atoms with Crippen molar-refractivity contribution in [1.82, 2.24) is 0 Å². The first-order valence-corrected chi connectivity index (χ1v) is 6.80. The third kappa shape index (κ3) is 3.05. The standard InChI is InChI=1S/C12H15BrN2O4/c1-2-18-12-9(14)6-11(12)19-10-5-7(15(16)17)3-4-8(10)13/h3-5,9,11-12H,2,6,14H2,1H3. The number of hydrogen-bond donors (Lipinski definition) is 1. The molecule has 0 aromatic heterocycles. The van der Waals surface area contributed by atoms with Gasteiger partial charge in [-0.2, -0.15) is 0 Å². The van der Waals surface area contributed by atoms with Crippen LogP contribution >= 0.6 is 15.9 Å². The normalized spacial score (nSPS) is 25.7. The Labute approximate surface area is 119 Å². The summed E-state index contributed by atoms with van der Waals surface area (Å²) in [5.41, 5.74) is 5.84. The van der Waals surface area contributed by atoms with Crippen LogP contribution in [0.5, 0.6) is 5.75 Å². The number of nitro benzene ring substituents is 1. The topological polar surface area (TPSA) is 87.6 Å². The predicted octanol–water partition coefficient (Wildman–Crippen LogP) is 2.24. The summed E-state index contributed by atoms with van der Waals surface area (Å²) in [7, 11) is 0. The van der Waals surface area contributed by atoms with E-state index in [-0.39, 0.29) is 23.9 Å². The minimum absolute atomic E-state index is 0.00483. The number of ether oxygens (including phenoxy) is 2. The van der Waals surface area contributed by atoms with Crippen molar-refractivity contribution in [3.63, 3.8) is 0 Å². The van der Waals surface area contributed by atoms with E-state index in [0.29, 0.717) is 23.2 Å². The molecule has 0 saturated heterocycles. The molecule has 2 N–H and O–H groups in total. The lowest BCUT2D eigenvalue weighted by Crippen LogP contribution is -2.59. The smallest absolute Gasteiger partial charge is 0.273 e. The molecule has 1 saturated carbocycles. The van der Waals surface area contributed by atoms with E-state index in [0.717, 1.165) is 0 Å². The van der Waals surface area contributed by atoms with Gasteiger partial charge in [-0.25, -0.2) is 0 Å². The molecule has 7 heteroatoms. The molecule has 3 unspecified atom stereocenters. The Morgan fingerprint density at radius 2 is 2.32 bits per heavy atom. The maximum atomic E-state index is 10.7. The monoisotopic (exact) mass is 330 g/mol. The molecule has 104 valence electrons. The fourth-order valence-corrected chi connectivity index (χ4v) is 2.35. The summed E-state index contributed by atoms with van der Waals surface area (Å²) in [4.78, 5) is 10.3. The van der Waals surface area contributed by atoms with Gasteiger partial charge in [0.15, 0.2) is 0 Å². The maximum absolute atomic E-state index is 10.7. The van der Waals surface area contributed by atoms with Gasteiger partial charge in [-0.05, 0) is 28.9 Å². The maximum Gasteiger partial charge on any atom is 0.273 e. The van der Waals surface area contributed by atoms with Gasteiger partial charge >= 0.3 is 0 Å². The summed E-state index contributed by atoms with van der Waals surface area (Å²) in [5.74, 6) is 0.441. The Kier molecular flexibility index (Phi) is 4.38. The summed E-state index contributed by atoms with van der Waals surface area (Å²) in [6.45, 7) is 2.46. The molecule has 19 heavy (non-hydrogen) atoms. The molecule has 0 spiro atoms. The Morgan fingerprint density at radius 1 is 1.58 bits per heavy atom. The number of non-ortho nitro benzene ring substituents is 1. The SMILES string of the molecule is CCOC1C(N)CC1Oc1cc([N+](=O)[O-])ccc1Br. The number of halogens is 1. The van der Waals surface area contributed by atoms with Crippen LogP contribution in [0, 0.1) is 10.1 Å². The Morgan fingerprint density at radius 3 is 2.89 bits per heavy atom. The second-order valence-electron chi connectivity index (χ2n) is 4.35. The van der Waals surface area contributed by atoms with E-state index in [1.807, 2.05) is 6.92 Å². The summed E-state index contributed by atoms with van der Waals surface area (Å²) in [6.07, 6.45) is 0.365. The zero-order valence-corrected chi connectivity index (χ0v) is 12.0.